The monoisotopic (exact) mass is 294 g/mol. The van der Waals surface area contributed by atoms with Crippen molar-refractivity contribution < 1.29 is 14.3 Å². The molecule has 8 heteroatoms. The second kappa shape index (κ2) is 5.22. The Morgan fingerprint density at radius 1 is 1.40 bits per heavy atom. The van der Waals surface area contributed by atoms with E-state index in [0.717, 1.165) is 0 Å². The zero-order chi connectivity index (χ0) is 14.9. The summed E-state index contributed by atoms with van der Waals surface area (Å²) in [4.78, 5) is 22.9. The molecule has 0 atom stereocenters. The quantitative estimate of drug-likeness (QED) is 0.820. The molecule has 0 saturated carbocycles. The van der Waals surface area contributed by atoms with Gasteiger partial charge >= 0.3 is 5.97 Å². The number of anilines is 1. The van der Waals surface area contributed by atoms with Crippen LogP contribution in [0.1, 0.15) is 20.8 Å². The highest BCUT2D eigenvalue weighted by Crippen LogP contribution is 2.24. The highest BCUT2D eigenvalue weighted by atomic mass is 35.5. The zero-order valence-corrected chi connectivity index (χ0v) is 11.2. The molecule has 20 heavy (non-hydrogen) atoms. The Morgan fingerprint density at radius 3 is 2.70 bits per heavy atom. The highest BCUT2D eigenvalue weighted by Gasteiger charge is 2.19. The van der Waals surface area contributed by atoms with Crippen LogP contribution in [0.5, 0.6) is 0 Å². The number of rotatable bonds is 3. The van der Waals surface area contributed by atoms with E-state index in [1.54, 1.807) is 12.1 Å². The van der Waals surface area contributed by atoms with Crippen molar-refractivity contribution in [1.82, 2.24) is 9.78 Å². The van der Waals surface area contributed by atoms with Gasteiger partial charge in [0.25, 0.3) is 5.91 Å². The van der Waals surface area contributed by atoms with Crippen molar-refractivity contribution in [2.45, 2.75) is 0 Å². The molecule has 0 radical (unpaired) electrons. The third kappa shape index (κ3) is 2.30. The van der Waals surface area contributed by atoms with Gasteiger partial charge in [0.05, 0.1) is 35.3 Å². The number of nitrogens with two attached hydrogens (primary N) is 2. The number of primary amides is 1. The predicted molar refractivity (Wildman–Crippen MR) is 72.8 cm³/mol. The normalized spacial score (nSPS) is 10.3. The van der Waals surface area contributed by atoms with E-state index in [0.29, 0.717) is 5.69 Å². The van der Waals surface area contributed by atoms with E-state index < -0.39 is 11.9 Å². The minimum absolute atomic E-state index is 0.0529. The van der Waals surface area contributed by atoms with Gasteiger partial charge in [-0.2, -0.15) is 5.10 Å². The summed E-state index contributed by atoms with van der Waals surface area (Å²) in [6.07, 6.45) is 1.38. The number of aromatic nitrogens is 2. The van der Waals surface area contributed by atoms with E-state index in [1.807, 2.05) is 0 Å². The van der Waals surface area contributed by atoms with E-state index in [-0.39, 0.29) is 22.0 Å². The SMILES string of the molecule is COC(=O)c1nn(-c2cccc(Cl)c2C(N)=O)cc1N. The Balaban J connectivity index is 2.61. The highest BCUT2D eigenvalue weighted by molar-refractivity contribution is 6.34. The zero-order valence-electron chi connectivity index (χ0n) is 10.5. The molecule has 0 saturated heterocycles. The molecule has 104 valence electrons. The molecule has 0 aliphatic heterocycles. The molecule has 4 N–H and O–H groups in total. The predicted octanol–water partition coefficient (Wildman–Crippen LogP) is 0.993. The molecule has 0 fully saturated rings. The van der Waals surface area contributed by atoms with E-state index in [1.165, 1.54) is 24.1 Å². The summed E-state index contributed by atoms with van der Waals surface area (Å²) in [5.74, 6) is -1.39. The number of carbonyl (C=O) groups is 2. The van der Waals surface area contributed by atoms with E-state index >= 15 is 0 Å². The summed E-state index contributed by atoms with van der Waals surface area (Å²) in [7, 11) is 1.22. The molecule has 1 aromatic carbocycles. The van der Waals surface area contributed by atoms with Gasteiger partial charge in [0.15, 0.2) is 5.69 Å². The molecule has 2 aromatic rings. The second-order valence-corrected chi connectivity index (χ2v) is 4.27. The lowest BCUT2D eigenvalue weighted by molar-refractivity contribution is 0.0594. The number of ether oxygens (including phenoxy) is 1. The fourth-order valence-corrected chi connectivity index (χ4v) is 1.98. The first-order valence-electron chi connectivity index (χ1n) is 5.48. The Bertz CT molecular complexity index is 696. The first-order valence-corrected chi connectivity index (χ1v) is 5.85. The van der Waals surface area contributed by atoms with Gasteiger partial charge in [-0.15, -0.1) is 0 Å². The van der Waals surface area contributed by atoms with Gasteiger partial charge in [0, 0.05) is 0 Å². The van der Waals surface area contributed by atoms with Crippen LogP contribution in [-0.2, 0) is 4.74 Å². The Morgan fingerprint density at radius 2 is 2.10 bits per heavy atom. The van der Waals surface area contributed by atoms with Crippen LogP contribution < -0.4 is 11.5 Å². The average molecular weight is 295 g/mol. The van der Waals surface area contributed by atoms with Crippen LogP contribution in [0.15, 0.2) is 24.4 Å². The minimum atomic E-state index is -0.709. The van der Waals surface area contributed by atoms with Crippen molar-refractivity contribution >= 4 is 29.2 Å². The Labute approximate surface area is 119 Å². The third-order valence-corrected chi connectivity index (χ3v) is 2.92. The number of methoxy groups -OCH3 is 1. The molecule has 1 aromatic heterocycles. The number of halogens is 1. The second-order valence-electron chi connectivity index (χ2n) is 3.87. The van der Waals surface area contributed by atoms with Gasteiger partial charge in [-0.05, 0) is 12.1 Å². The lowest BCUT2D eigenvalue weighted by atomic mass is 10.1. The number of hydrogen-bond donors (Lipinski definition) is 2. The van der Waals surface area contributed by atoms with Crippen LogP contribution in [0.4, 0.5) is 5.69 Å². The lowest BCUT2D eigenvalue weighted by Gasteiger charge is -2.08. The van der Waals surface area contributed by atoms with Crippen LogP contribution in [-0.4, -0.2) is 28.8 Å². The molecule has 1 amide bonds. The molecular weight excluding hydrogens is 284 g/mol. The van der Waals surface area contributed by atoms with Gasteiger partial charge in [0.1, 0.15) is 0 Å². The van der Waals surface area contributed by atoms with Crippen LogP contribution in [0.2, 0.25) is 5.02 Å². The number of amides is 1. The standard InChI is InChI=1S/C12H11ClN4O3/c1-20-12(19)10-7(14)5-17(16-10)8-4-2-3-6(13)9(8)11(15)18/h2-5H,14H2,1H3,(H2,15,18). The molecule has 7 nitrogen and oxygen atoms in total. The number of benzene rings is 1. The van der Waals surface area contributed by atoms with Crippen LogP contribution in [0.3, 0.4) is 0 Å². The number of carbonyl (C=O) groups excluding carboxylic acids is 2. The molecule has 0 bridgehead atoms. The van der Waals surface area contributed by atoms with Gasteiger partial charge in [0.2, 0.25) is 0 Å². The lowest BCUT2D eigenvalue weighted by Crippen LogP contribution is -2.16. The fourth-order valence-electron chi connectivity index (χ4n) is 1.71. The van der Waals surface area contributed by atoms with E-state index in [4.69, 9.17) is 23.1 Å². The van der Waals surface area contributed by atoms with Crippen molar-refractivity contribution in [3.63, 3.8) is 0 Å². The largest absolute Gasteiger partial charge is 0.464 e. The molecule has 0 spiro atoms. The van der Waals surface area contributed by atoms with Crippen LogP contribution >= 0.6 is 11.6 Å². The summed E-state index contributed by atoms with van der Waals surface area (Å²) in [5, 5.41) is 4.17. The topological polar surface area (TPSA) is 113 Å². The number of nitrogens with zero attached hydrogens (tertiary/aromatic N) is 2. The molecule has 0 aliphatic rings. The first-order chi connectivity index (χ1) is 9.45. The summed E-state index contributed by atoms with van der Waals surface area (Å²) in [5.41, 5.74) is 11.5. The smallest absolute Gasteiger partial charge is 0.360 e. The van der Waals surface area contributed by atoms with Crippen molar-refractivity contribution in [2.24, 2.45) is 5.73 Å². The fraction of sp³-hybridized carbons (Fsp3) is 0.0833. The molecular formula is C12H11ClN4O3. The van der Waals surface area contributed by atoms with E-state index in [9.17, 15) is 9.59 Å². The first kappa shape index (κ1) is 13.9. The third-order valence-electron chi connectivity index (χ3n) is 2.61. The van der Waals surface area contributed by atoms with Gasteiger partial charge in [-0.25, -0.2) is 9.48 Å². The van der Waals surface area contributed by atoms with Crippen molar-refractivity contribution in [1.29, 1.82) is 0 Å². The summed E-state index contributed by atoms with van der Waals surface area (Å²) < 4.78 is 5.81. The molecule has 0 unspecified atom stereocenters. The van der Waals surface area contributed by atoms with Crippen molar-refractivity contribution in [2.75, 3.05) is 12.8 Å². The maximum absolute atomic E-state index is 11.5. The Kier molecular flexibility index (Phi) is 3.62. The van der Waals surface area contributed by atoms with Crippen molar-refractivity contribution in [3.05, 3.63) is 40.7 Å². The Hall–Kier alpha value is -2.54. The van der Waals surface area contributed by atoms with Crippen LogP contribution in [0.25, 0.3) is 5.69 Å². The minimum Gasteiger partial charge on any atom is -0.464 e. The van der Waals surface area contributed by atoms with E-state index in [2.05, 4.69) is 9.84 Å². The van der Waals surface area contributed by atoms with Gasteiger partial charge < -0.3 is 16.2 Å². The molecule has 2 rings (SSSR count). The summed E-state index contributed by atoms with van der Waals surface area (Å²) >= 11 is 5.95. The van der Waals surface area contributed by atoms with Gasteiger partial charge in [-0.1, -0.05) is 17.7 Å². The van der Waals surface area contributed by atoms with Crippen molar-refractivity contribution in [3.8, 4) is 5.69 Å². The average Bonchev–Trinajstić information content (AvgIpc) is 2.79. The summed E-state index contributed by atoms with van der Waals surface area (Å²) in [6.45, 7) is 0. The maximum Gasteiger partial charge on any atom is 0.360 e. The summed E-state index contributed by atoms with van der Waals surface area (Å²) in [6, 6.07) is 4.73. The maximum atomic E-state index is 11.5. The van der Waals surface area contributed by atoms with Gasteiger partial charge in [-0.3, -0.25) is 4.79 Å². The molecule has 1 heterocycles. The van der Waals surface area contributed by atoms with Crippen LogP contribution in [0, 0.1) is 0 Å². The number of esters is 1. The molecule has 0 aliphatic carbocycles. The number of hydrogen-bond acceptors (Lipinski definition) is 5. The number of nitrogen functional groups attached to an aromatic ring is 1.